The van der Waals surface area contributed by atoms with Gasteiger partial charge >= 0.3 is 98.0 Å². The van der Waals surface area contributed by atoms with Crippen LogP contribution in [-0.4, -0.2) is 93.0 Å². The monoisotopic (exact) mass is 116 g/mol. The van der Waals surface area contributed by atoms with Gasteiger partial charge in [0.05, 0.1) is 0 Å². The molecule has 1 saturated heterocycles. The number of rotatable bonds is 0. The van der Waals surface area contributed by atoms with Crippen LogP contribution >= 0.6 is 0 Å². The fourth-order valence-corrected chi connectivity index (χ4v) is 0. The Bertz CT molecular complexity index is 12.4. The molecule has 0 bridgehead atoms. The van der Waals surface area contributed by atoms with Crippen LogP contribution in [0.4, 0.5) is 0 Å². The first-order valence-electron chi connectivity index (χ1n) is 1.50. The van der Waals surface area contributed by atoms with Crippen molar-refractivity contribution in [1.29, 1.82) is 0 Å². The molecule has 1 rings (SSSR count). The van der Waals surface area contributed by atoms with E-state index in [0.717, 1.165) is 0 Å². The summed E-state index contributed by atoms with van der Waals surface area (Å²) in [7, 11) is 0. The van der Waals surface area contributed by atoms with Gasteiger partial charge in [0.15, 0.2) is 0 Å². The third-order valence-electron chi connectivity index (χ3n) is 0.354. The van der Waals surface area contributed by atoms with E-state index >= 15 is 0 Å². The summed E-state index contributed by atoms with van der Waals surface area (Å²) in [6.07, 6.45) is 0. The molecular weight excluding hydrogens is 110 g/mol. The van der Waals surface area contributed by atoms with Crippen molar-refractivity contribution in [2.24, 2.45) is 0 Å². The van der Waals surface area contributed by atoms with Crippen molar-refractivity contribution < 1.29 is 0 Å². The molecule has 0 aliphatic carbocycles. The van der Waals surface area contributed by atoms with Gasteiger partial charge in [-0.15, -0.1) is 0 Å². The summed E-state index contributed by atoms with van der Waals surface area (Å²) in [5, 5.41) is 0. The van der Waals surface area contributed by atoms with Crippen molar-refractivity contribution in [3.05, 3.63) is 0 Å². The Morgan fingerprint density at radius 1 is 1.00 bits per heavy atom. The molecule has 0 amide bonds. The predicted molar refractivity (Wildman–Crippen MR) is 29.7 cm³/mol. The summed E-state index contributed by atoms with van der Waals surface area (Å²) in [5.41, 5.74) is 0. The molecule has 0 atom stereocenters. The first kappa shape index (κ1) is 11.1. The van der Waals surface area contributed by atoms with Crippen molar-refractivity contribution in [3.8, 4) is 0 Å². The van der Waals surface area contributed by atoms with E-state index in [0.29, 0.717) is 33.8 Å². The fraction of sp³-hybridized carbons (Fsp3) is 1.00. The molecule has 3 heteroatoms. The first-order chi connectivity index (χ1) is 1.50. The van der Waals surface area contributed by atoms with E-state index in [2.05, 4.69) is 0 Å². The van der Waals surface area contributed by atoms with Gasteiger partial charge in [-0.1, -0.05) is 0 Å². The molecule has 0 nitrogen and oxygen atoms in total. The summed E-state index contributed by atoms with van der Waals surface area (Å²) in [4.78, 5) is 0. The minimum atomic E-state index is 0. The maximum absolute atomic E-state index is 1.69. The SMILES string of the molecule is [CH2]1[CH2][Ca]1.[NaH].[NaH]. The molecule has 1 aliphatic rings. The third-order valence-corrected chi connectivity index (χ3v) is 1.46. The van der Waals surface area contributed by atoms with Crippen molar-refractivity contribution in [1.82, 2.24) is 0 Å². The van der Waals surface area contributed by atoms with Gasteiger partial charge in [-0.3, -0.25) is 0 Å². The molecule has 1 fully saturated rings. The summed E-state index contributed by atoms with van der Waals surface area (Å²) in [5.74, 6) is 0. The van der Waals surface area contributed by atoms with Gasteiger partial charge in [0.1, 0.15) is 0 Å². The van der Waals surface area contributed by atoms with Crippen molar-refractivity contribution in [2.45, 2.75) is 5.04 Å². The Morgan fingerprint density at radius 2 is 1.20 bits per heavy atom. The summed E-state index contributed by atoms with van der Waals surface area (Å²) in [6, 6.07) is 0. The number of hydrogen-bond acceptors (Lipinski definition) is 0. The van der Waals surface area contributed by atoms with E-state index in [1.807, 2.05) is 0 Å². The standard InChI is InChI=1S/C2H4.Ca.2Na.2H/c1-2;;;;;/h1-2H2;;;;;. The van der Waals surface area contributed by atoms with Gasteiger partial charge < -0.3 is 0 Å². The average Bonchev–Trinajstić information content (AvgIpc) is 1.46. The number of hydrogen-bond donors (Lipinski definition) is 0. The Hall–Kier alpha value is 3.26. The third kappa shape index (κ3) is 11.1. The molecule has 0 aromatic carbocycles. The molecule has 18 valence electrons. The van der Waals surface area contributed by atoms with Crippen LogP contribution in [0.5, 0.6) is 0 Å². The van der Waals surface area contributed by atoms with E-state index in [4.69, 9.17) is 0 Å². The molecule has 1 aliphatic heterocycles. The van der Waals surface area contributed by atoms with Crippen LogP contribution in [0.1, 0.15) is 0 Å². The second-order valence-corrected chi connectivity index (χ2v) is 4.37. The summed E-state index contributed by atoms with van der Waals surface area (Å²) in [6.45, 7) is 0. The van der Waals surface area contributed by atoms with Crippen molar-refractivity contribution in [3.63, 3.8) is 0 Å². The molecule has 0 N–H and O–H groups in total. The molecule has 0 aromatic heterocycles. The zero-order valence-corrected chi connectivity index (χ0v) is 4.33. The van der Waals surface area contributed by atoms with E-state index < -0.39 is 0 Å². The van der Waals surface area contributed by atoms with Gasteiger partial charge in [0.25, 0.3) is 0 Å². The van der Waals surface area contributed by atoms with Crippen molar-refractivity contribution in [2.75, 3.05) is 0 Å². The van der Waals surface area contributed by atoms with Crippen LogP contribution in [0.2, 0.25) is 5.04 Å². The Balaban J connectivity index is 0. The average molecular weight is 116 g/mol. The topological polar surface area (TPSA) is 0 Å². The van der Waals surface area contributed by atoms with Crippen molar-refractivity contribution >= 4 is 93.0 Å². The van der Waals surface area contributed by atoms with Crippen LogP contribution in [-0.2, 0) is 0 Å². The van der Waals surface area contributed by atoms with Crippen LogP contribution < -0.4 is 0 Å². The van der Waals surface area contributed by atoms with E-state index in [9.17, 15) is 0 Å². The first-order valence-corrected chi connectivity index (χ1v) is 4.62. The quantitative estimate of drug-likeness (QED) is 0.365. The van der Waals surface area contributed by atoms with Gasteiger partial charge in [0.2, 0.25) is 0 Å². The molecule has 0 unspecified atom stereocenters. The fourth-order valence-electron chi connectivity index (χ4n) is 0. The Labute approximate surface area is 95.3 Å². The van der Waals surface area contributed by atoms with Gasteiger partial charge in [0, 0.05) is 0 Å². The maximum atomic E-state index is 1.69. The summed E-state index contributed by atoms with van der Waals surface area (Å²) >= 11 is 0.375. The van der Waals surface area contributed by atoms with E-state index in [-0.39, 0.29) is 59.1 Å². The van der Waals surface area contributed by atoms with Crippen LogP contribution in [0.25, 0.3) is 0 Å². The molecule has 1 heterocycles. The molecule has 5 heavy (non-hydrogen) atoms. The Morgan fingerprint density at radius 3 is 1.20 bits per heavy atom. The van der Waals surface area contributed by atoms with Gasteiger partial charge in [-0.25, -0.2) is 0 Å². The Kier molecular flexibility index (Phi) is 16.1. The van der Waals surface area contributed by atoms with Gasteiger partial charge in [-0.05, 0) is 0 Å². The molecular formula is C2H6CaNa2. The van der Waals surface area contributed by atoms with Crippen LogP contribution in [0.3, 0.4) is 0 Å². The molecule has 0 aromatic rings. The molecule has 0 saturated carbocycles. The minimum absolute atomic E-state index is 0. The molecule has 0 radical (unpaired) electrons. The zero-order valence-electron chi connectivity index (χ0n) is 2.12. The summed E-state index contributed by atoms with van der Waals surface area (Å²) < 4.78 is 3.38. The second kappa shape index (κ2) is 7.26. The normalized spacial score (nSPS) is 11.2. The van der Waals surface area contributed by atoms with Crippen LogP contribution in [0.15, 0.2) is 0 Å². The molecule has 0 spiro atoms. The van der Waals surface area contributed by atoms with E-state index in [1.54, 1.807) is 5.04 Å². The zero-order chi connectivity index (χ0) is 2.12. The predicted octanol–water partition coefficient (Wildman–Crippen LogP) is -0.756. The van der Waals surface area contributed by atoms with E-state index in [1.165, 1.54) is 0 Å². The second-order valence-electron chi connectivity index (χ2n) is 1.06. The van der Waals surface area contributed by atoms with Gasteiger partial charge in [-0.2, -0.15) is 0 Å². The van der Waals surface area contributed by atoms with Crippen LogP contribution in [0, 0.1) is 0 Å².